The standard InChI is InChI=1S/C17H13NO4/c19-15(17-16(22-17)13-6-2-1-3-7-13)10-9-12-5-4-8-14(11-12)18(20)21/h1-11,16-17H. The highest BCUT2D eigenvalue weighted by molar-refractivity contribution is 5.99. The van der Waals surface area contributed by atoms with Gasteiger partial charge in [-0.2, -0.15) is 0 Å². The van der Waals surface area contributed by atoms with Gasteiger partial charge in [0, 0.05) is 12.1 Å². The second kappa shape index (κ2) is 5.91. The molecule has 0 aliphatic carbocycles. The van der Waals surface area contributed by atoms with Gasteiger partial charge in [-0.15, -0.1) is 0 Å². The number of hydrogen-bond donors (Lipinski definition) is 0. The lowest BCUT2D eigenvalue weighted by atomic mass is 10.1. The second-order valence-corrected chi connectivity index (χ2v) is 4.98. The fraction of sp³-hybridized carbons (Fsp3) is 0.118. The molecule has 1 aliphatic heterocycles. The quantitative estimate of drug-likeness (QED) is 0.367. The Kier molecular flexibility index (Phi) is 3.80. The summed E-state index contributed by atoms with van der Waals surface area (Å²) in [6.45, 7) is 0. The average molecular weight is 295 g/mol. The van der Waals surface area contributed by atoms with Crippen LogP contribution in [0.5, 0.6) is 0 Å². The summed E-state index contributed by atoms with van der Waals surface area (Å²) in [5.74, 6) is -0.139. The van der Waals surface area contributed by atoms with Crippen LogP contribution in [0, 0.1) is 10.1 Å². The highest BCUT2D eigenvalue weighted by atomic mass is 16.6. The lowest BCUT2D eigenvalue weighted by molar-refractivity contribution is -0.384. The van der Waals surface area contributed by atoms with Gasteiger partial charge < -0.3 is 4.74 Å². The van der Waals surface area contributed by atoms with Crippen LogP contribution >= 0.6 is 0 Å². The summed E-state index contributed by atoms with van der Waals surface area (Å²) in [6.07, 6.45) is 2.33. The van der Waals surface area contributed by atoms with E-state index in [1.807, 2.05) is 30.3 Å². The monoisotopic (exact) mass is 295 g/mol. The third kappa shape index (κ3) is 3.10. The number of carbonyl (C=O) groups is 1. The van der Waals surface area contributed by atoms with E-state index in [-0.39, 0.29) is 17.6 Å². The molecule has 0 amide bonds. The Labute approximate surface area is 127 Å². The first-order chi connectivity index (χ1) is 10.6. The molecular formula is C17H13NO4. The number of rotatable bonds is 5. The summed E-state index contributed by atoms with van der Waals surface area (Å²) in [5.41, 5.74) is 1.59. The molecule has 0 N–H and O–H groups in total. The molecule has 3 rings (SSSR count). The molecule has 22 heavy (non-hydrogen) atoms. The maximum absolute atomic E-state index is 12.0. The van der Waals surface area contributed by atoms with Crippen molar-refractivity contribution in [1.29, 1.82) is 0 Å². The number of hydrogen-bond acceptors (Lipinski definition) is 4. The van der Waals surface area contributed by atoms with Crippen LogP contribution in [0.1, 0.15) is 17.2 Å². The Morgan fingerprint density at radius 1 is 1.14 bits per heavy atom. The van der Waals surface area contributed by atoms with Crippen LogP contribution in [0.25, 0.3) is 6.08 Å². The molecule has 0 bridgehead atoms. The van der Waals surface area contributed by atoms with E-state index in [4.69, 9.17) is 4.74 Å². The van der Waals surface area contributed by atoms with Gasteiger partial charge in [0.2, 0.25) is 0 Å². The Morgan fingerprint density at radius 3 is 2.64 bits per heavy atom. The Bertz CT molecular complexity index is 739. The maximum atomic E-state index is 12.0. The highest BCUT2D eigenvalue weighted by Gasteiger charge is 2.44. The predicted octanol–water partition coefficient (Wildman–Crippen LogP) is 3.32. The number of non-ortho nitro benzene ring substituents is 1. The predicted molar refractivity (Wildman–Crippen MR) is 81.2 cm³/mol. The van der Waals surface area contributed by atoms with Crippen LogP contribution in [0.3, 0.4) is 0 Å². The van der Waals surface area contributed by atoms with Crippen LogP contribution in [0.4, 0.5) is 5.69 Å². The Morgan fingerprint density at radius 2 is 1.91 bits per heavy atom. The topological polar surface area (TPSA) is 72.7 Å². The van der Waals surface area contributed by atoms with E-state index in [2.05, 4.69) is 0 Å². The van der Waals surface area contributed by atoms with E-state index in [0.29, 0.717) is 5.56 Å². The number of epoxide rings is 1. The molecule has 2 aromatic rings. The highest BCUT2D eigenvalue weighted by Crippen LogP contribution is 2.39. The molecule has 5 nitrogen and oxygen atoms in total. The van der Waals surface area contributed by atoms with Gasteiger partial charge in [-0.1, -0.05) is 48.5 Å². The van der Waals surface area contributed by atoms with E-state index < -0.39 is 11.0 Å². The van der Waals surface area contributed by atoms with Gasteiger partial charge >= 0.3 is 0 Å². The molecule has 0 spiro atoms. The van der Waals surface area contributed by atoms with Gasteiger partial charge in [0.1, 0.15) is 6.10 Å². The van der Waals surface area contributed by atoms with Gasteiger partial charge in [0.05, 0.1) is 4.92 Å². The molecule has 0 radical (unpaired) electrons. The molecule has 1 heterocycles. The van der Waals surface area contributed by atoms with Crippen LogP contribution in [0.2, 0.25) is 0 Å². The van der Waals surface area contributed by atoms with Crippen molar-refractivity contribution in [3.63, 3.8) is 0 Å². The summed E-state index contributed by atoms with van der Waals surface area (Å²) < 4.78 is 5.41. The van der Waals surface area contributed by atoms with Crippen molar-refractivity contribution in [1.82, 2.24) is 0 Å². The van der Waals surface area contributed by atoms with E-state index in [1.54, 1.807) is 18.2 Å². The van der Waals surface area contributed by atoms with Crippen LogP contribution in [0.15, 0.2) is 60.7 Å². The van der Waals surface area contributed by atoms with Crippen LogP contribution in [-0.2, 0) is 9.53 Å². The van der Waals surface area contributed by atoms with Gasteiger partial charge in [-0.3, -0.25) is 14.9 Å². The zero-order valence-corrected chi connectivity index (χ0v) is 11.6. The van der Waals surface area contributed by atoms with Gasteiger partial charge in [0.15, 0.2) is 11.9 Å². The smallest absolute Gasteiger partial charge is 0.270 e. The number of ketones is 1. The first kappa shape index (κ1) is 14.2. The molecular weight excluding hydrogens is 282 g/mol. The molecule has 2 unspecified atom stereocenters. The van der Waals surface area contributed by atoms with Crippen molar-refractivity contribution in [2.24, 2.45) is 0 Å². The van der Waals surface area contributed by atoms with Gasteiger partial charge in [-0.25, -0.2) is 0 Å². The number of carbonyl (C=O) groups excluding carboxylic acids is 1. The number of benzene rings is 2. The lowest BCUT2D eigenvalue weighted by Crippen LogP contribution is -2.03. The van der Waals surface area contributed by atoms with Gasteiger partial charge in [0.25, 0.3) is 5.69 Å². The molecule has 0 aromatic heterocycles. The first-order valence-electron chi connectivity index (χ1n) is 6.82. The van der Waals surface area contributed by atoms with Crippen molar-refractivity contribution in [2.45, 2.75) is 12.2 Å². The molecule has 5 heteroatoms. The number of ether oxygens (including phenoxy) is 1. The normalized spacial score (nSPS) is 20.0. The summed E-state index contributed by atoms with van der Waals surface area (Å²) in [5, 5.41) is 10.7. The van der Waals surface area contributed by atoms with Crippen molar-refractivity contribution in [3.05, 3.63) is 81.9 Å². The zero-order chi connectivity index (χ0) is 15.5. The first-order valence-corrected chi connectivity index (χ1v) is 6.82. The average Bonchev–Trinajstić information content (AvgIpc) is 3.34. The zero-order valence-electron chi connectivity index (χ0n) is 11.6. The van der Waals surface area contributed by atoms with Gasteiger partial charge in [-0.05, 0) is 17.2 Å². The van der Waals surface area contributed by atoms with Crippen LogP contribution < -0.4 is 0 Å². The minimum Gasteiger partial charge on any atom is -0.356 e. The van der Waals surface area contributed by atoms with E-state index in [9.17, 15) is 14.9 Å². The Balaban J connectivity index is 1.66. The van der Waals surface area contributed by atoms with E-state index in [0.717, 1.165) is 5.56 Å². The molecule has 1 aliphatic rings. The Hall–Kier alpha value is -2.79. The molecule has 2 atom stereocenters. The maximum Gasteiger partial charge on any atom is 0.270 e. The van der Waals surface area contributed by atoms with Crippen molar-refractivity contribution >= 4 is 17.5 Å². The molecule has 0 saturated carbocycles. The van der Waals surface area contributed by atoms with E-state index in [1.165, 1.54) is 18.2 Å². The molecule has 1 saturated heterocycles. The third-order valence-corrected chi connectivity index (χ3v) is 3.42. The second-order valence-electron chi connectivity index (χ2n) is 4.98. The number of nitrogens with zero attached hydrogens (tertiary/aromatic N) is 1. The largest absolute Gasteiger partial charge is 0.356 e. The summed E-state index contributed by atoms with van der Waals surface area (Å²) >= 11 is 0. The summed E-state index contributed by atoms with van der Waals surface area (Å²) in [6, 6.07) is 15.7. The minimum atomic E-state index is -0.464. The summed E-state index contributed by atoms with van der Waals surface area (Å²) in [7, 11) is 0. The van der Waals surface area contributed by atoms with Crippen LogP contribution in [-0.4, -0.2) is 16.8 Å². The molecule has 110 valence electrons. The summed E-state index contributed by atoms with van der Waals surface area (Å²) in [4.78, 5) is 22.3. The minimum absolute atomic E-state index is 0.000525. The van der Waals surface area contributed by atoms with Crippen molar-refractivity contribution in [3.8, 4) is 0 Å². The van der Waals surface area contributed by atoms with E-state index >= 15 is 0 Å². The third-order valence-electron chi connectivity index (χ3n) is 3.42. The van der Waals surface area contributed by atoms with Crippen molar-refractivity contribution < 1.29 is 14.5 Å². The van der Waals surface area contributed by atoms with Crippen molar-refractivity contribution in [2.75, 3.05) is 0 Å². The fourth-order valence-electron chi connectivity index (χ4n) is 2.24. The fourth-order valence-corrected chi connectivity index (χ4v) is 2.24. The lowest BCUT2D eigenvalue weighted by Gasteiger charge is -1.94. The SMILES string of the molecule is O=C(C=Cc1cccc([N+](=O)[O-])c1)C1OC1c1ccccc1. The number of nitro groups is 1. The molecule has 1 fully saturated rings. The molecule has 2 aromatic carbocycles. The number of nitro benzene ring substituents is 1.